The number of aromatic nitrogens is 1. The van der Waals surface area contributed by atoms with Gasteiger partial charge in [0.1, 0.15) is 4.60 Å². The second-order valence-electron chi connectivity index (χ2n) is 3.31. The van der Waals surface area contributed by atoms with Crippen LogP contribution in [0.1, 0.15) is 19.5 Å². The van der Waals surface area contributed by atoms with Crippen molar-refractivity contribution < 1.29 is 0 Å². The van der Waals surface area contributed by atoms with E-state index in [2.05, 4.69) is 45.9 Å². The van der Waals surface area contributed by atoms with Gasteiger partial charge in [0.25, 0.3) is 0 Å². The number of hydrogen-bond donors (Lipinski definition) is 0. The van der Waals surface area contributed by atoms with E-state index >= 15 is 0 Å². The lowest BCUT2D eigenvalue weighted by Crippen LogP contribution is -2.14. The van der Waals surface area contributed by atoms with E-state index < -0.39 is 0 Å². The molecule has 0 N–H and O–H groups in total. The van der Waals surface area contributed by atoms with Gasteiger partial charge < -0.3 is 4.90 Å². The third-order valence-corrected chi connectivity index (χ3v) is 2.67. The molecule has 0 atom stereocenters. The largest absolute Gasteiger partial charge is 0.378 e. The molecule has 16 heavy (non-hydrogen) atoms. The van der Waals surface area contributed by atoms with Crippen molar-refractivity contribution in [2.24, 2.45) is 0 Å². The maximum atomic E-state index is 4.31. The third-order valence-electron chi connectivity index (χ3n) is 2.22. The maximum Gasteiger partial charge on any atom is 0.106 e. The lowest BCUT2D eigenvalue weighted by atomic mass is 10.3. The number of hydrogen-bond acceptors (Lipinski definition) is 2. The van der Waals surface area contributed by atoms with Crippen LogP contribution in [0.2, 0.25) is 0 Å². The summed E-state index contributed by atoms with van der Waals surface area (Å²) in [6.07, 6.45) is 8.13. The fourth-order valence-corrected chi connectivity index (χ4v) is 1.63. The first-order valence-electron chi connectivity index (χ1n) is 5.47. The van der Waals surface area contributed by atoms with Gasteiger partial charge in [0, 0.05) is 13.1 Å². The van der Waals surface area contributed by atoms with Gasteiger partial charge in [-0.1, -0.05) is 12.1 Å². The van der Waals surface area contributed by atoms with Crippen LogP contribution in [0.25, 0.3) is 6.08 Å². The molecule has 0 fully saturated rings. The Labute approximate surface area is 106 Å². The molecule has 0 amide bonds. The summed E-state index contributed by atoms with van der Waals surface area (Å²) in [5.41, 5.74) is 0.957. The number of rotatable bonds is 5. The van der Waals surface area contributed by atoms with Crippen LogP contribution < -0.4 is 0 Å². The Morgan fingerprint density at radius 1 is 1.25 bits per heavy atom. The monoisotopic (exact) mass is 280 g/mol. The molecule has 1 aromatic heterocycles. The Balaban J connectivity index is 2.54. The summed E-state index contributed by atoms with van der Waals surface area (Å²) in [5.74, 6) is 0. The van der Waals surface area contributed by atoms with Gasteiger partial charge >= 0.3 is 0 Å². The van der Waals surface area contributed by atoms with Crippen molar-refractivity contribution in [3.8, 4) is 0 Å². The SMILES string of the molecule is CCN(/C=C/C=C/c1cccc(Br)n1)CC. The minimum Gasteiger partial charge on any atom is -0.378 e. The predicted molar refractivity (Wildman–Crippen MR) is 73.0 cm³/mol. The highest BCUT2D eigenvalue weighted by atomic mass is 79.9. The van der Waals surface area contributed by atoms with Gasteiger partial charge in [0.2, 0.25) is 0 Å². The van der Waals surface area contributed by atoms with Crippen LogP contribution in [0.5, 0.6) is 0 Å². The molecular weight excluding hydrogens is 264 g/mol. The summed E-state index contributed by atoms with van der Waals surface area (Å²) in [7, 11) is 0. The standard InChI is InChI=1S/C13H17BrN2/c1-3-16(4-2)11-6-5-8-12-9-7-10-13(14)15-12/h5-11H,3-4H2,1-2H3/b8-5+,11-6+. The van der Waals surface area contributed by atoms with Gasteiger partial charge in [0.15, 0.2) is 0 Å². The molecule has 0 saturated heterocycles. The number of nitrogens with zero attached hydrogens (tertiary/aromatic N) is 2. The first-order valence-corrected chi connectivity index (χ1v) is 6.27. The topological polar surface area (TPSA) is 16.1 Å². The van der Waals surface area contributed by atoms with Gasteiger partial charge in [-0.2, -0.15) is 0 Å². The van der Waals surface area contributed by atoms with Crippen LogP contribution in [-0.4, -0.2) is 23.0 Å². The van der Waals surface area contributed by atoms with Gasteiger partial charge in [-0.05, 0) is 60.3 Å². The molecule has 1 heterocycles. The fourth-order valence-electron chi connectivity index (χ4n) is 1.28. The van der Waals surface area contributed by atoms with Crippen molar-refractivity contribution in [1.29, 1.82) is 0 Å². The van der Waals surface area contributed by atoms with Gasteiger partial charge in [-0.3, -0.25) is 0 Å². The summed E-state index contributed by atoms with van der Waals surface area (Å²) in [5, 5.41) is 0. The van der Waals surface area contributed by atoms with E-state index in [1.54, 1.807) is 0 Å². The Kier molecular flexibility index (Phi) is 5.86. The molecular formula is C13H17BrN2. The van der Waals surface area contributed by atoms with Crippen LogP contribution in [0.4, 0.5) is 0 Å². The Hall–Kier alpha value is -1.09. The number of allylic oxidation sites excluding steroid dienone is 2. The maximum absolute atomic E-state index is 4.31. The zero-order chi connectivity index (χ0) is 11.8. The number of pyridine rings is 1. The van der Waals surface area contributed by atoms with E-state index in [0.717, 1.165) is 23.4 Å². The minimum atomic E-state index is 0.863. The molecule has 0 saturated carbocycles. The summed E-state index contributed by atoms with van der Waals surface area (Å²) in [6, 6.07) is 5.88. The quantitative estimate of drug-likeness (QED) is 0.604. The Morgan fingerprint density at radius 3 is 2.62 bits per heavy atom. The molecule has 0 aliphatic carbocycles. The normalized spacial score (nSPS) is 11.4. The van der Waals surface area contributed by atoms with Crippen molar-refractivity contribution >= 4 is 22.0 Å². The van der Waals surface area contributed by atoms with Crippen molar-refractivity contribution in [2.75, 3.05) is 13.1 Å². The summed E-state index contributed by atoms with van der Waals surface area (Å²) in [6.45, 7) is 6.37. The highest BCUT2D eigenvalue weighted by Gasteiger charge is 1.89. The molecule has 1 aromatic rings. The van der Waals surface area contributed by atoms with E-state index in [1.165, 1.54) is 0 Å². The Morgan fingerprint density at radius 2 is 2.00 bits per heavy atom. The van der Waals surface area contributed by atoms with E-state index in [-0.39, 0.29) is 0 Å². The average Bonchev–Trinajstić information content (AvgIpc) is 2.29. The van der Waals surface area contributed by atoms with Crippen LogP contribution in [0.15, 0.2) is 41.2 Å². The molecule has 1 rings (SSSR count). The number of halogens is 1. The van der Waals surface area contributed by atoms with Crippen molar-refractivity contribution in [1.82, 2.24) is 9.88 Å². The molecule has 0 unspecified atom stereocenters. The van der Waals surface area contributed by atoms with E-state index in [9.17, 15) is 0 Å². The van der Waals surface area contributed by atoms with E-state index in [1.807, 2.05) is 36.4 Å². The highest BCUT2D eigenvalue weighted by Crippen LogP contribution is 2.07. The second-order valence-corrected chi connectivity index (χ2v) is 4.12. The lowest BCUT2D eigenvalue weighted by Gasteiger charge is -2.13. The Bertz CT molecular complexity index is 368. The predicted octanol–water partition coefficient (Wildman–Crippen LogP) is 3.71. The van der Waals surface area contributed by atoms with Gasteiger partial charge in [-0.25, -0.2) is 4.98 Å². The van der Waals surface area contributed by atoms with Crippen LogP contribution >= 0.6 is 15.9 Å². The van der Waals surface area contributed by atoms with Crippen molar-refractivity contribution in [3.63, 3.8) is 0 Å². The summed E-state index contributed by atoms with van der Waals surface area (Å²) < 4.78 is 0.863. The molecule has 0 aliphatic heterocycles. The lowest BCUT2D eigenvalue weighted by molar-refractivity contribution is 0.419. The van der Waals surface area contributed by atoms with Crippen molar-refractivity contribution in [3.05, 3.63) is 46.8 Å². The second kappa shape index (κ2) is 7.23. The van der Waals surface area contributed by atoms with E-state index in [4.69, 9.17) is 0 Å². The summed E-state index contributed by atoms with van der Waals surface area (Å²) in [4.78, 5) is 6.55. The average molecular weight is 281 g/mol. The molecule has 0 aromatic carbocycles. The molecule has 3 heteroatoms. The zero-order valence-corrected chi connectivity index (χ0v) is 11.3. The zero-order valence-electron chi connectivity index (χ0n) is 9.73. The van der Waals surface area contributed by atoms with E-state index in [0.29, 0.717) is 0 Å². The molecule has 86 valence electrons. The molecule has 0 bridgehead atoms. The molecule has 0 aliphatic rings. The minimum absolute atomic E-state index is 0.863. The molecule has 2 nitrogen and oxygen atoms in total. The smallest absolute Gasteiger partial charge is 0.106 e. The first kappa shape index (κ1) is 13.0. The van der Waals surface area contributed by atoms with Crippen LogP contribution in [-0.2, 0) is 0 Å². The third kappa shape index (κ3) is 4.62. The van der Waals surface area contributed by atoms with Crippen molar-refractivity contribution in [2.45, 2.75) is 13.8 Å². The van der Waals surface area contributed by atoms with Gasteiger partial charge in [0.05, 0.1) is 5.69 Å². The van der Waals surface area contributed by atoms with Crippen LogP contribution in [0.3, 0.4) is 0 Å². The van der Waals surface area contributed by atoms with Crippen LogP contribution in [0, 0.1) is 0 Å². The summed E-state index contributed by atoms with van der Waals surface area (Å²) >= 11 is 3.35. The molecule has 0 spiro atoms. The van der Waals surface area contributed by atoms with Gasteiger partial charge in [-0.15, -0.1) is 0 Å². The first-order chi connectivity index (χ1) is 7.76. The molecule has 0 radical (unpaired) electrons. The highest BCUT2D eigenvalue weighted by molar-refractivity contribution is 9.10. The fraction of sp³-hybridized carbons (Fsp3) is 0.308.